The fourth-order valence-electron chi connectivity index (χ4n) is 2.45. The van der Waals surface area contributed by atoms with Crippen molar-refractivity contribution in [2.24, 2.45) is 0 Å². The van der Waals surface area contributed by atoms with Crippen LogP contribution in [0.1, 0.15) is 46.2 Å². The average molecular weight is 318 g/mol. The van der Waals surface area contributed by atoms with Crippen molar-refractivity contribution in [2.45, 2.75) is 64.8 Å². The molecule has 1 aromatic rings. The van der Waals surface area contributed by atoms with Crippen LogP contribution in [0.2, 0.25) is 0 Å². The summed E-state index contributed by atoms with van der Waals surface area (Å²) < 4.78 is 37.5. The number of alkyl halides is 3. The van der Waals surface area contributed by atoms with Gasteiger partial charge in [0.1, 0.15) is 5.82 Å². The normalized spacial score (nSPS) is 15.2. The maximum Gasteiger partial charge on any atom is 0.434 e. The number of hydrogen-bond donors (Lipinski definition) is 1. The lowest BCUT2D eigenvalue weighted by molar-refractivity contribution is -0.141. The number of hydrogen-bond acceptors (Lipinski definition) is 4. The Kier molecular flexibility index (Phi) is 6.59. The van der Waals surface area contributed by atoms with E-state index in [2.05, 4.69) is 48.0 Å². The first kappa shape index (κ1) is 18.7. The summed E-state index contributed by atoms with van der Waals surface area (Å²) in [6.45, 7) is 8.39. The van der Waals surface area contributed by atoms with Gasteiger partial charge in [0.2, 0.25) is 0 Å². The zero-order valence-corrected chi connectivity index (χ0v) is 13.8. The third-order valence-corrected chi connectivity index (χ3v) is 3.94. The quantitative estimate of drug-likeness (QED) is 0.830. The Morgan fingerprint density at radius 2 is 1.77 bits per heavy atom. The van der Waals surface area contributed by atoms with Gasteiger partial charge in [0.15, 0.2) is 5.69 Å². The number of likely N-dealkylation sites (N-methyl/N-ethyl adjacent to an activating group) is 1. The number of anilines is 1. The van der Waals surface area contributed by atoms with E-state index >= 15 is 0 Å². The molecule has 22 heavy (non-hydrogen) atoms. The van der Waals surface area contributed by atoms with E-state index in [0.717, 1.165) is 25.2 Å². The predicted octanol–water partition coefficient (Wildman–Crippen LogP) is 3.80. The van der Waals surface area contributed by atoms with Crippen LogP contribution in [0.15, 0.2) is 12.4 Å². The highest BCUT2D eigenvalue weighted by atomic mass is 19.4. The van der Waals surface area contributed by atoms with E-state index in [1.54, 1.807) is 0 Å². The van der Waals surface area contributed by atoms with E-state index in [0.29, 0.717) is 11.9 Å². The molecule has 1 N–H and O–H groups in total. The molecular formula is C15H25F3N4. The molecule has 0 amide bonds. The third-order valence-electron chi connectivity index (χ3n) is 3.94. The predicted molar refractivity (Wildman–Crippen MR) is 81.7 cm³/mol. The molecule has 126 valence electrons. The van der Waals surface area contributed by atoms with Gasteiger partial charge in [-0.3, -0.25) is 4.90 Å². The van der Waals surface area contributed by atoms with Crippen LogP contribution in [0.3, 0.4) is 0 Å². The molecule has 0 aliphatic carbocycles. The Balaban J connectivity index is 2.85. The molecule has 1 rings (SSSR count). The SMILES string of the molecule is CCC(Nc1cnc(C(F)(F)F)cn1)C(CC)N(C)C(C)C. The van der Waals surface area contributed by atoms with E-state index in [-0.39, 0.29) is 12.1 Å². The van der Waals surface area contributed by atoms with Gasteiger partial charge in [-0.1, -0.05) is 13.8 Å². The van der Waals surface area contributed by atoms with Crippen molar-refractivity contribution in [1.29, 1.82) is 0 Å². The second kappa shape index (κ2) is 7.76. The van der Waals surface area contributed by atoms with Crippen LogP contribution in [0.5, 0.6) is 0 Å². The number of aromatic nitrogens is 2. The Hall–Kier alpha value is -1.37. The number of rotatable bonds is 7. The Bertz CT molecular complexity index is 445. The third kappa shape index (κ3) is 4.83. The zero-order valence-electron chi connectivity index (χ0n) is 13.8. The van der Waals surface area contributed by atoms with E-state index < -0.39 is 11.9 Å². The standard InChI is InChI=1S/C15H25F3N4/c1-6-11(12(7-2)22(5)10(3)4)21-14-9-19-13(8-20-14)15(16,17)18/h8-12H,6-7H2,1-5H3,(H,20,21). The smallest absolute Gasteiger partial charge is 0.364 e. The van der Waals surface area contributed by atoms with Crippen LogP contribution in [0.25, 0.3) is 0 Å². The van der Waals surface area contributed by atoms with E-state index in [4.69, 9.17) is 0 Å². The van der Waals surface area contributed by atoms with Gasteiger partial charge in [-0.15, -0.1) is 0 Å². The van der Waals surface area contributed by atoms with E-state index in [9.17, 15) is 13.2 Å². The second-order valence-electron chi connectivity index (χ2n) is 5.68. The maximum atomic E-state index is 12.5. The molecule has 4 nitrogen and oxygen atoms in total. The molecule has 0 saturated heterocycles. The van der Waals surface area contributed by atoms with Crippen molar-refractivity contribution < 1.29 is 13.2 Å². The fraction of sp³-hybridized carbons (Fsp3) is 0.733. The van der Waals surface area contributed by atoms with Crippen molar-refractivity contribution in [3.63, 3.8) is 0 Å². The number of nitrogens with zero attached hydrogens (tertiary/aromatic N) is 3. The molecule has 7 heteroatoms. The molecule has 0 saturated carbocycles. The summed E-state index contributed by atoms with van der Waals surface area (Å²) in [5, 5.41) is 3.21. The summed E-state index contributed by atoms with van der Waals surface area (Å²) in [5.74, 6) is 0.371. The van der Waals surface area contributed by atoms with Gasteiger partial charge in [0.05, 0.1) is 12.4 Å². The lowest BCUT2D eigenvalue weighted by Crippen LogP contribution is -2.47. The summed E-state index contributed by atoms with van der Waals surface area (Å²) >= 11 is 0. The molecule has 2 unspecified atom stereocenters. The largest absolute Gasteiger partial charge is 0.434 e. The van der Waals surface area contributed by atoms with Gasteiger partial charge in [-0.2, -0.15) is 13.2 Å². The molecule has 0 spiro atoms. The zero-order chi connectivity index (χ0) is 16.9. The Morgan fingerprint density at radius 3 is 2.14 bits per heavy atom. The van der Waals surface area contributed by atoms with Crippen LogP contribution < -0.4 is 5.32 Å². The van der Waals surface area contributed by atoms with Crippen LogP contribution in [-0.2, 0) is 6.18 Å². The van der Waals surface area contributed by atoms with Crippen LogP contribution >= 0.6 is 0 Å². The molecular weight excluding hydrogens is 293 g/mol. The van der Waals surface area contributed by atoms with Gasteiger partial charge in [-0.05, 0) is 33.7 Å². The number of nitrogens with one attached hydrogen (secondary N) is 1. The lowest BCUT2D eigenvalue weighted by Gasteiger charge is -2.36. The number of halogens is 3. The van der Waals surface area contributed by atoms with Crippen molar-refractivity contribution in [3.8, 4) is 0 Å². The van der Waals surface area contributed by atoms with Crippen molar-refractivity contribution >= 4 is 5.82 Å². The van der Waals surface area contributed by atoms with Gasteiger partial charge >= 0.3 is 6.18 Å². The first-order valence-electron chi connectivity index (χ1n) is 7.58. The molecule has 0 aromatic carbocycles. The average Bonchev–Trinajstić information content (AvgIpc) is 2.46. The molecule has 0 fully saturated rings. The molecule has 0 aliphatic rings. The van der Waals surface area contributed by atoms with Crippen LogP contribution in [0.4, 0.5) is 19.0 Å². The summed E-state index contributed by atoms with van der Waals surface area (Å²) in [6, 6.07) is 0.761. The highest BCUT2D eigenvalue weighted by Gasteiger charge is 2.33. The lowest BCUT2D eigenvalue weighted by atomic mass is 10.0. The fourth-order valence-corrected chi connectivity index (χ4v) is 2.45. The minimum atomic E-state index is -4.46. The Labute approximate surface area is 130 Å². The van der Waals surface area contributed by atoms with Crippen molar-refractivity contribution in [2.75, 3.05) is 12.4 Å². The molecule has 2 atom stereocenters. The Morgan fingerprint density at radius 1 is 1.14 bits per heavy atom. The van der Waals surface area contributed by atoms with E-state index in [1.165, 1.54) is 0 Å². The monoisotopic (exact) mass is 318 g/mol. The minimum Gasteiger partial charge on any atom is -0.364 e. The molecule has 0 aliphatic heterocycles. The van der Waals surface area contributed by atoms with Crippen LogP contribution in [-0.4, -0.2) is 40.0 Å². The van der Waals surface area contributed by atoms with Crippen molar-refractivity contribution in [1.82, 2.24) is 14.9 Å². The highest BCUT2D eigenvalue weighted by molar-refractivity contribution is 5.33. The second-order valence-corrected chi connectivity index (χ2v) is 5.68. The molecule has 1 heterocycles. The summed E-state index contributed by atoms with van der Waals surface area (Å²) in [4.78, 5) is 9.54. The van der Waals surface area contributed by atoms with Gasteiger partial charge in [0.25, 0.3) is 0 Å². The van der Waals surface area contributed by atoms with Crippen LogP contribution in [0, 0.1) is 0 Å². The molecule has 1 aromatic heterocycles. The maximum absolute atomic E-state index is 12.5. The minimum absolute atomic E-state index is 0.100. The first-order valence-corrected chi connectivity index (χ1v) is 7.58. The van der Waals surface area contributed by atoms with Crippen molar-refractivity contribution in [3.05, 3.63) is 18.1 Å². The summed E-state index contributed by atoms with van der Waals surface area (Å²) in [5.41, 5.74) is -0.975. The summed E-state index contributed by atoms with van der Waals surface area (Å²) in [7, 11) is 2.06. The molecule has 0 radical (unpaired) electrons. The van der Waals surface area contributed by atoms with Gasteiger partial charge in [-0.25, -0.2) is 9.97 Å². The first-order chi connectivity index (χ1) is 10.2. The van der Waals surface area contributed by atoms with E-state index in [1.807, 2.05) is 6.92 Å². The summed E-state index contributed by atoms with van der Waals surface area (Å²) in [6.07, 6.45) is -0.762. The highest BCUT2D eigenvalue weighted by Crippen LogP contribution is 2.27. The van der Waals surface area contributed by atoms with Gasteiger partial charge < -0.3 is 5.32 Å². The van der Waals surface area contributed by atoms with Gasteiger partial charge in [0, 0.05) is 18.1 Å². The topological polar surface area (TPSA) is 41.1 Å². The molecule has 0 bridgehead atoms.